The molecule has 0 saturated carbocycles. The number of benzene rings is 2. The fourth-order valence-electron chi connectivity index (χ4n) is 2.83. The standard InChI is InChI=1S/C20H18N2O5S/c1-20(25,17-8-12-4-2-3-5-16(12)28-17)10-21-18(23)19(24)22-13-6-7-14-15(9-13)27-11-26-14/h2-9,25H,10-11H2,1H3,(H,21,23)(H,22,24)/t20-/m1/s1. The van der Waals surface area contributed by atoms with E-state index in [0.29, 0.717) is 22.1 Å². The zero-order valence-corrected chi connectivity index (χ0v) is 15.8. The highest BCUT2D eigenvalue weighted by atomic mass is 32.1. The molecule has 1 aliphatic rings. The van der Waals surface area contributed by atoms with Crippen LogP contribution in [-0.4, -0.2) is 30.3 Å². The van der Waals surface area contributed by atoms with Crippen LogP contribution in [0.3, 0.4) is 0 Å². The van der Waals surface area contributed by atoms with Gasteiger partial charge in [-0.25, -0.2) is 0 Å². The summed E-state index contributed by atoms with van der Waals surface area (Å²) in [5.41, 5.74) is -0.876. The molecule has 2 amide bonds. The molecule has 1 aromatic heterocycles. The Morgan fingerprint density at radius 1 is 1.11 bits per heavy atom. The summed E-state index contributed by atoms with van der Waals surface area (Å²) < 4.78 is 11.5. The predicted octanol–water partition coefficient (Wildman–Crippen LogP) is 2.59. The van der Waals surface area contributed by atoms with E-state index >= 15 is 0 Å². The van der Waals surface area contributed by atoms with Crippen LogP contribution in [0.15, 0.2) is 48.5 Å². The fourth-order valence-corrected chi connectivity index (χ4v) is 3.94. The maximum atomic E-state index is 12.1. The molecular weight excluding hydrogens is 380 g/mol. The van der Waals surface area contributed by atoms with Gasteiger partial charge in [-0.05, 0) is 36.6 Å². The molecule has 7 nitrogen and oxygen atoms in total. The summed E-state index contributed by atoms with van der Waals surface area (Å²) in [4.78, 5) is 25.0. The topological polar surface area (TPSA) is 96.9 Å². The largest absolute Gasteiger partial charge is 0.454 e. The van der Waals surface area contributed by atoms with Gasteiger partial charge in [-0.15, -0.1) is 11.3 Å². The Morgan fingerprint density at radius 3 is 2.71 bits per heavy atom. The zero-order chi connectivity index (χ0) is 19.7. The number of carbonyl (C=O) groups excluding carboxylic acids is 2. The molecule has 8 heteroatoms. The van der Waals surface area contributed by atoms with Crippen LogP contribution in [0.25, 0.3) is 10.1 Å². The van der Waals surface area contributed by atoms with Crippen molar-refractivity contribution in [1.29, 1.82) is 0 Å². The van der Waals surface area contributed by atoms with E-state index in [1.54, 1.807) is 25.1 Å². The molecule has 144 valence electrons. The van der Waals surface area contributed by atoms with Crippen LogP contribution >= 0.6 is 11.3 Å². The Labute approximate surface area is 164 Å². The highest BCUT2D eigenvalue weighted by Gasteiger charge is 2.27. The Balaban J connectivity index is 1.38. The van der Waals surface area contributed by atoms with Gasteiger partial charge in [0.15, 0.2) is 11.5 Å². The molecule has 28 heavy (non-hydrogen) atoms. The van der Waals surface area contributed by atoms with Crippen LogP contribution in [0, 0.1) is 0 Å². The van der Waals surface area contributed by atoms with Crippen molar-refractivity contribution in [1.82, 2.24) is 5.32 Å². The summed E-state index contributed by atoms with van der Waals surface area (Å²) in [5.74, 6) is -0.571. The summed E-state index contributed by atoms with van der Waals surface area (Å²) in [5, 5.41) is 16.8. The van der Waals surface area contributed by atoms with Gasteiger partial charge in [0.2, 0.25) is 6.79 Å². The molecule has 0 radical (unpaired) electrons. The molecule has 3 aromatic rings. The van der Waals surface area contributed by atoms with E-state index in [2.05, 4.69) is 10.6 Å². The Morgan fingerprint density at radius 2 is 1.89 bits per heavy atom. The SMILES string of the molecule is C[C@@](O)(CNC(=O)C(=O)Nc1ccc2c(c1)OCO2)c1cc2ccccc2s1. The maximum Gasteiger partial charge on any atom is 0.313 e. The number of amides is 2. The monoisotopic (exact) mass is 398 g/mol. The number of carbonyl (C=O) groups is 2. The number of ether oxygens (including phenoxy) is 2. The minimum atomic E-state index is -1.29. The molecule has 0 saturated heterocycles. The van der Waals surface area contributed by atoms with Gasteiger partial charge in [0, 0.05) is 21.3 Å². The molecule has 2 aromatic carbocycles. The van der Waals surface area contributed by atoms with E-state index in [-0.39, 0.29) is 13.3 Å². The van der Waals surface area contributed by atoms with Crippen LogP contribution in [0.4, 0.5) is 5.69 Å². The van der Waals surface area contributed by atoms with Crippen molar-refractivity contribution in [2.45, 2.75) is 12.5 Å². The van der Waals surface area contributed by atoms with E-state index in [0.717, 1.165) is 10.1 Å². The van der Waals surface area contributed by atoms with Crippen LogP contribution in [0.5, 0.6) is 11.5 Å². The molecule has 3 N–H and O–H groups in total. The van der Waals surface area contributed by atoms with Crippen LogP contribution in [-0.2, 0) is 15.2 Å². The lowest BCUT2D eigenvalue weighted by Gasteiger charge is -2.22. The van der Waals surface area contributed by atoms with Crippen LogP contribution in [0.2, 0.25) is 0 Å². The molecule has 0 fully saturated rings. The summed E-state index contributed by atoms with van der Waals surface area (Å²) in [6.45, 7) is 1.64. The lowest BCUT2D eigenvalue weighted by Crippen LogP contribution is -2.42. The van der Waals surface area contributed by atoms with Gasteiger partial charge in [0.05, 0.1) is 6.54 Å². The van der Waals surface area contributed by atoms with Gasteiger partial charge in [-0.1, -0.05) is 18.2 Å². The lowest BCUT2D eigenvalue weighted by atomic mass is 10.0. The van der Waals surface area contributed by atoms with Gasteiger partial charge in [0.25, 0.3) is 0 Å². The van der Waals surface area contributed by atoms with Crippen molar-refractivity contribution in [3.8, 4) is 11.5 Å². The quantitative estimate of drug-likeness (QED) is 0.587. The second-order valence-electron chi connectivity index (χ2n) is 6.63. The van der Waals surface area contributed by atoms with Crippen molar-refractivity contribution in [2.75, 3.05) is 18.7 Å². The van der Waals surface area contributed by atoms with Gasteiger partial charge in [-0.2, -0.15) is 0 Å². The molecule has 1 atom stereocenters. The van der Waals surface area contributed by atoms with Crippen molar-refractivity contribution < 1.29 is 24.2 Å². The van der Waals surface area contributed by atoms with Crippen molar-refractivity contribution in [3.05, 3.63) is 53.4 Å². The smallest absolute Gasteiger partial charge is 0.313 e. The number of anilines is 1. The first kappa shape index (κ1) is 18.3. The van der Waals surface area contributed by atoms with Crippen molar-refractivity contribution in [2.24, 2.45) is 0 Å². The number of nitrogens with one attached hydrogen (secondary N) is 2. The molecular formula is C20H18N2O5S. The summed E-state index contributed by atoms with van der Waals surface area (Å²) in [7, 11) is 0. The lowest BCUT2D eigenvalue weighted by molar-refractivity contribution is -0.136. The van der Waals surface area contributed by atoms with Gasteiger partial charge >= 0.3 is 11.8 Å². The first-order valence-corrected chi connectivity index (χ1v) is 9.44. The molecule has 4 rings (SSSR count). The predicted molar refractivity (Wildman–Crippen MR) is 106 cm³/mol. The Hall–Kier alpha value is -3.10. The molecule has 2 heterocycles. The normalized spacial score (nSPS) is 14.5. The van der Waals surface area contributed by atoms with E-state index < -0.39 is 17.4 Å². The number of rotatable bonds is 4. The molecule has 0 unspecified atom stereocenters. The van der Waals surface area contributed by atoms with Gasteiger partial charge < -0.3 is 25.2 Å². The average Bonchev–Trinajstić information content (AvgIpc) is 3.32. The highest BCUT2D eigenvalue weighted by Crippen LogP contribution is 2.34. The molecule has 0 spiro atoms. The second-order valence-corrected chi connectivity index (χ2v) is 7.71. The first-order chi connectivity index (χ1) is 13.4. The molecule has 0 aliphatic carbocycles. The number of fused-ring (bicyclic) bond motifs is 2. The maximum absolute atomic E-state index is 12.1. The second kappa shape index (κ2) is 7.14. The number of aliphatic hydroxyl groups is 1. The Kier molecular flexibility index (Phi) is 4.66. The third-order valence-corrected chi connectivity index (χ3v) is 5.76. The van der Waals surface area contributed by atoms with E-state index in [9.17, 15) is 14.7 Å². The van der Waals surface area contributed by atoms with Gasteiger partial charge in [-0.3, -0.25) is 9.59 Å². The van der Waals surface area contributed by atoms with Crippen LogP contribution in [0.1, 0.15) is 11.8 Å². The van der Waals surface area contributed by atoms with E-state index in [4.69, 9.17) is 9.47 Å². The Bertz CT molecular complexity index is 1030. The van der Waals surface area contributed by atoms with Crippen molar-refractivity contribution >= 4 is 38.9 Å². The molecule has 1 aliphatic heterocycles. The van der Waals surface area contributed by atoms with E-state index in [1.807, 2.05) is 30.3 Å². The van der Waals surface area contributed by atoms with Gasteiger partial charge in [0.1, 0.15) is 5.60 Å². The third-order valence-electron chi connectivity index (χ3n) is 4.39. The van der Waals surface area contributed by atoms with E-state index in [1.165, 1.54) is 11.3 Å². The summed E-state index contributed by atoms with van der Waals surface area (Å²) in [6.07, 6.45) is 0. The summed E-state index contributed by atoms with van der Waals surface area (Å²) >= 11 is 1.45. The van der Waals surface area contributed by atoms with Crippen molar-refractivity contribution in [3.63, 3.8) is 0 Å². The first-order valence-electron chi connectivity index (χ1n) is 8.63. The minimum absolute atomic E-state index is 0.0901. The minimum Gasteiger partial charge on any atom is -0.454 e. The molecule has 0 bridgehead atoms. The summed E-state index contributed by atoms with van der Waals surface area (Å²) in [6, 6.07) is 14.5. The average molecular weight is 398 g/mol. The number of thiophene rings is 1. The highest BCUT2D eigenvalue weighted by molar-refractivity contribution is 7.19. The number of hydrogen-bond donors (Lipinski definition) is 3. The van der Waals surface area contributed by atoms with Crippen LogP contribution < -0.4 is 20.1 Å². The fraction of sp³-hybridized carbons (Fsp3) is 0.200. The zero-order valence-electron chi connectivity index (χ0n) is 15.0. The number of hydrogen-bond acceptors (Lipinski definition) is 6. The third kappa shape index (κ3) is 3.64.